The number of ether oxygens (including phenoxy) is 1. The molecule has 0 aromatic heterocycles. The zero-order valence-electron chi connectivity index (χ0n) is 7.56. The molecule has 0 bridgehead atoms. The molecule has 0 spiro atoms. The van der Waals surface area contributed by atoms with Crippen LogP contribution in [-0.4, -0.2) is 13.8 Å². The standard InChI is InChI=1S/C9H10F3NO/c1-14-6-13-8-4-2-7(3-5-8)9(10,11)12/h2-5,13H,6H2,1H3. The molecule has 0 aliphatic carbocycles. The van der Waals surface area contributed by atoms with E-state index in [1.54, 1.807) is 0 Å². The minimum Gasteiger partial charge on any atom is -0.365 e. The van der Waals surface area contributed by atoms with Gasteiger partial charge < -0.3 is 10.1 Å². The Labute approximate surface area is 79.7 Å². The lowest BCUT2D eigenvalue weighted by Gasteiger charge is -2.08. The number of hydrogen-bond acceptors (Lipinski definition) is 2. The fourth-order valence-corrected chi connectivity index (χ4v) is 0.933. The van der Waals surface area contributed by atoms with Gasteiger partial charge in [-0.05, 0) is 24.3 Å². The Hall–Kier alpha value is -1.23. The quantitative estimate of drug-likeness (QED) is 0.766. The van der Waals surface area contributed by atoms with Crippen LogP contribution in [0.3, 0.4) is 0 Å². The van der Waals surface area contributed by atoms with Crippen molar-refractivity contribution in [2.75, 3.05) is 19.2 Å². The summed E-state index contributed by atoms with van der Waals surface area (Å²) in [4.78, 5) is 0. The van der Waals surface area contributed by atoms with Crippen LogP contribution in [0, 0.1) is 0 Å². The Balaban J connectivity index is 2.69. The number of alkyl halides is 3. The first-order valence-corrected chi connectivity index (χ1v) is 3.94. The molecule has 0 heterocycles. The topological polar surface area (TPSA) is 21.3 Å². The number of rotatable bonds is 3. The molecule has 0 atom stereocenters. The number of anilines is 1. The molecule has 78 valence electrons. The summed E-state index contributed by atoms with van der Waals surface area (Å²) in [6, 6.07) is 4.78. The summed E-state index contributed by atoms with van der Waals surface area (Å²) in [6.07, 6.45) is -4.28. The molecular weight excluding hydrogens is 195 g/mol. The first kappa shape index (κ1) is 10.8. The molecule has 0 saturated heterocycles. The lowest BCUT2D eigenvalue weighted by molar-refractivity contribution is -0.137. The molecule has 0 aliphatic heterocycles. The van der Waals surface area contributed by atoms with Crippen molar-refractivity contribution < 1.29 is 17.9 Å². The van der Waals surface area contributed by atoms with Crippen LogP contribution in [0.1, 0.15) is 5.56 Å². The highest BCUT2D eigenvalue weighted by Gasteiger charge is 2.29. The van der Waals surface area contributed by atoms with Crippen molar-refractivity contribution in [1.29, 1.82) is 0 Å². The zero-order chi connectivity index (χ0) is 10.6. The average Bonchev–Trinajstić information content (AvgIpc) is 2.14. The van der Waals surface area contributed by atoms with Gasteiger partial charge in [0.2, 0.25) is 0 Å². The van der Waals surface area contributed by atoms with Gasteiger partial charge in [-0.15, -0.1) is 0 Å². The van der Waals surface area contributed by atoms with E-state index < -0.39 is 11.7 Å². The third-order valence-electron chi connectivity index (χ3n) is 1.63. The third kappa shape index (κ3) is 2.92. The van der Waals surface area contributed by atoms with E-state index in [0.29, 0.717) is 5.69 Å². The van der Waals surface area contributed by atoms with Crippen LogP contribution in [0.5, 0.6) is 0 Å². The van der Waals surface area contributed by atoms with Gasteiger partial charge in [-0.25, -0.2) is 0 Å². The predicted octanol–water partition coefficient (Wildman–Crippen LogP) is 2.72. The molecule has 2 nitrogen and oxygen atoms in total. The summed E-state index contributed by atoms with van der Waals surface area (Å²) >= 11 is 0. The Kier molecular flexibility index (Phi) is 3.35. The molecule has 1 N–H and O–H groups in total. The largest absolute Gasteiger partial charge is 0.416 e. The third-order valence-corrected chi connectivity index (χ3v) is 1.63. The molecule has 0 fully saturated rings. The molecule has 5 heteroatoms. The summed E-state index contributed by atoms with van der Waals surface area (Å²) < 4.78 is 41.1. The Morgan fingerprint density at radius 2 is 1.79 bits per heavy atom. The lowest BCUT2D eigenvalue weighted by atomic mass is 10.2. The van der Waals surface area contributed by atoms with E-state index in [4.69, 9.17) is 4.74 Å². The Bertz CT molecular complexity index is 281. The number of nitrogens with one attached hydrogen (secondary N) is 1. The highest BCUT2D eigenvalue weighted by Crippen LogP contribution is 2.29. The second-order valence-corrected chi connectivity index (χ2v) is 2.68. The van der Waals surface area contributed by atoms with Gasteiger partial charge in [0, 0.05) is 12.8 Å². The van der Waals surface area contributed by atoms with E-state index >= 15 is 0 Å². The van der Waals surface area contributed by atoms with Gasteiger partial charge in [-0.3, -0.25) is 0 Å². The number of benzene rings is 1. The molecule has 0 unspecified atom stereocenters. The highest BCUT2D eigenvalue weighted by molar-refractivity contribution is 5.44. The number of halogens is 3. The van der Waals surface area contributed by atoms with E-state index in [1.165, 1.54) is 19.2 Å². The minimum absolute atomic E-state index is 0.269. The van der Waals surface area contributed by atoms with Gasteiger partial charge >= 0.3 is 6.18 Å². The van der Waals surface area contributed by atoms with E-state index in [9.17, 15) is 13.2 Å². The molecule has 1 aromatic carbocycles. The molecule has 1 aromatic rings. The summed E-state index contributed by atoms with van der Waals surface area (Å²) in [7, 11) is 1.50. The van der Waals surface area contributed by atoms with Gasteiger partial charge in [-0.2, -0.15) is 13.2 Å². The Morgan fingerprint density at radius 3 is 2.21 bits per heavy atom. The van der Waals surface area contributed by atoms with Crippen molar-refractivity contribution in [3.63, 3.8) is 0 Å². The maximum Gasteiger partial charge on any atom is 0.416 e. The molecule has 0 saturated carbocycles. The summed E-state index contributed by atoms with van der Waals surface area (Å²) in [5.74, 6) is 0. The van der Waals surface area contributed by atoms with Crippen molar-refractivity contribution in [3.8, 4) is 0 Å². The van der Waals surface area contributed by atoms with E-state index in [0.717, 1.165) is 12.1 Å². The van der Waals surface area contributed by atoms with E-state index in [-0.39, 0.29) is 6.73 Å². The van der Waals surface area contributed by atoms with E-state index in [1.807, 2.05) is 0 Å². The number of methoxy groups -OCH3 is 1. The van der Waals surface area contributed by atoms with Gasteiger partial charge in [0.1, 0.15) is 6.73 Å². The average molecular weight is 205 g/mol. The summed E-state index contributed by atoms with van der Waals surface area (Å²) in [5.41, 5.74) is -0.0553. The molecule has 0 aliphatic rings. The number of hydrogen-bond donors (Lipinski definition) is 1. The van der Waals surface area contributed by atoms with Crippen molar-refractivity contribution in [3.05, 3.63) is 29.8 Å². The van der Waals surface area contributed by atoms with Crippen molar-refractivity contribution >= 4 is 5.69 Å². The maximum absolute atomic E-state index is 12.1. The lowest BCUT2D eigenvalue weighted by Crippen LogP contribution is -2.06. The predicted molar refractivity (Wildman–Crippen MR) is 46.9 cm³/mol. The van der Waals surface area contributed by atoms with E-state index in [2.05, 4.69) is 5.32 Å². The van der Waals surface area contributed by atoms with Crippen molar-refractivity contribution in [2.45, 2.75) is 6.18 Å². The smallest absolute Gasteiger partial charge is 0.365 e. The second kappa shape index (κ2) is 4.32. The molecule has 0 amide bonds. The SMILES string of the molecule is COCNc1ccc(C(F)(F)F)cc1. The minimum atomic E-state index is -4.28. The maximum atomic E-state index is 12.1. The molecule has 14 heavy (non-hydrogen) atoms. The van der Waals surface area contributed by atoms with Crippen LogP contribution < -0.4 is 5.32 Å². The van der Waals surface area contributed by atoms with Crippen LogP contribution in [-0.2, 0) is 10.9 Å². The summed E-state index contributed by atoms with van der Waals surface area (Å²) in [6.45, 7) is 0.269. The molecule has 1 rings (SSSR count). The monoisotopic (exact) mass is 205 g/mol. The van der Waals surface area contributed by atoms with Crippen LogP contribution >= 0.6 is 0 Å². The first-order valence-electron chi connectivity index (χ1n) is 3.94. The molecule has 0 radical (unpaired) electrons. The normalized spacial score (nSPS) is 11.4. The Morgan fingerprint density at radius 1 is 1.21 bits per heavy atom. The fourth-order valence-electron chi connectivity index (χ4n) is 0.933. The van der Waals surface area contributed by atoms with Crippen LogP contribution in [0.4, 0.5) is 18.9 Å². The fraction of sp³-hybridized carbons (Fsp3) is 0.333. The van der Waals surface area contributed by atoms with Gasteiger partial charge in [0.05, 0.1) is 5.56 Å². The van der Waals surface area contributed by atoms with Crippen LogP contribution in [0.25, 0.3) is 0 Å². The summed E-state index contributed by atoms with van der Waals surface area (Å²) in [5, 5.41) is 2.78. The van der Waals surface area contributed by atoms with Crippen LogP contribution in [0.2, 0.25) is 0 Å². The van der Waals surface area contributed by atoms with Gasteiger partial charge in [0.15, 0.2) is 0 Å². The van der Waals surface area contributed by atoms with Crippen molar-refractivity contribution in [2.24, 2.45) is 0 Å². The van der Waals surface area contributed by atoms with Gasteiger partial charge in [-0.1, -0.05) is 0 Å². The molecular formula is C9H10F3NO. The van der Waals surface area contributed by atoms with Crippen LogP contribution in [0.15, 0.2) is 24.3 Å². The van der Waals surface area contributed by atoms with Crippen molar-refractivity contribution in [1.82, 2.24) is 0 Å². The van der Waals surface area contributed by atoms with Gasteiger partial charge in [0.25, 0.3) is 0 Å². The first-order chi connectivity index (χ1) is 6.54. The highest BCUT2D eigenvalue weighted by atomic mass is 19.4. The zero-order valence-corrected chi connectivity index (χ0v) is 7.56. The second-order valence-electron chi connectivity index (χ2n) is 2.68.